The molecule has 2 heterocycles. The molecule has 8 heteroatoms. The third-order valence-corrected chi connectivity index (χ3v) is 5.96. The summed E-state index contributed by atoms with van der Waals surface area (Å²) in [5.74, 6) is -1.63. The Morgan fingerprint density at radius 1 is 1.13 bits per heavy atom. The SMILES string of the molecule is CN1CC2=C(OC(N)=C(C#N)C2c2c(F)cccc2Cl)/C(=C/c2c(F)cccc2Cl)C1. The Labute approximate surface area is 188 Å². The van der Waals surface area contributed by atoms with E-state index in [9.17, 15) is 14.0 Å². The molecule has 0 saturated heterocycles. The Kier molecular flexibility index (Phi) is 5.76. The Balaban J connectivity index is 1.96. The predicted octanol–water partition coefficient (Wildman–Crippen LogP) is 5.36. The van der Waals surface area contributed by atoms with Crippen molar-refractivity contribution in [2.24, 2.45) is 5.73 Å². The molecule has 0 spiro atoms. The fourth-order valence-electron chi connectivity index (χ4n) is 3.98. The molecular weight excluding hydrogens is 443 g/mol. The van der Waals surface area contributed by atoms with Crippen LogP contribution in [0.5, 0.6) is 0 Å². The summed E-state index contributed by atoms with van der Waals surface area (Å²) in [6.45, 7) is 0.794. The number of likely N-dealkylation sites (N-methyl/N-ethyl adjacent to an activating group) is 1. The van der Waals surface area contributed by atoms with Crippen LogP contribution in [0.15, 0.2) is 64.8 Å². The van der Waals surface area contributed by atoms with E-state index >= 15 is 0 Å². The summed E-state index contributed by atoms with van der Waals surface area (Å²) in [6, 6.07) is 10.8. The number of hydrogen-bond acceptors (Lipinski definition) is 4. The Morgan fingerprint density at radius 2 is 1.81 bits per heavy atom. The summed E-state index contributed by atoms with van der Waals surface area (Å²) in [6.07, 6.45) is 1.59. The molecule has 0 fully saturated rings. The van der Waals surface area contributed by atoms with Crippen molar-refractivity contribution >= 4 is 29.3 Å². The number of nitrogens with zero attached hydrogens (tertiary/aromatic N) is 2. The van der Waals surface area contributed by atoms with Crippen molar-refractivity contribution in [2.45, 2.75) is 5.92 Å². The zero-order chi connectivity index (χ0) is 22.3. The zero-order valence-electron chi connectivity index (χ0n) is 16.4. The maximum atomic E-state index is 14.9. The van der Waals surface area contributed by atoms with E-state index in [-0.39, 0.29) is 32.6 Å². The average molecular weight is 460 g/mol. The molecule has 158 valence electrons. The van der Waals surface area contributed by atoms with Crippen molar-refractivity contribution in [3.8, 4) is 6.07 Å². The van der Waals surface area contributed by atoms with Crippen LogP contribution in [0.4, 0.5) is 8.78 Å². The van der Waals surface area contributed by atoms with Crippen LogP contribution >= 0.6 is 23.2 Å². The first-order valence-electron chi connectivity index (χ1n) is 9.39. The summed E-state index contributed by atoms with van der Waals surface area (Å²) in [4.78, 5) is 1.95. The lowest BCUT2D eigenvalue weighted by Crippen LogP contribution is -2.36. The summed E-state index contributed by atoms with van der Waals surface area (Å²) >= 11 is 12.5. The van der Waals surface area contributed by atoms with Gasteiger partial charge in [0.25, 0.3) is 0 Å². The Bertz CT molecular complexity index is 1170. The molecule has 1 atom stereocenters. The van der Waals surface area contributed by atoms with Crippen LogP contribution < -0.4 is 5.73 Å². The van der Waals surface area contributed by atoms with Crippen LogP contribution in [-0.2, 0) is 4.74 Å². The van der Waals surface area contributed by atoms with Crippen molar-refractivity contribution in [2.75, 3.05) is 20.1 Å². The smallest absolute Gasteiger partial charge is 0.205 e. The molecular formula is C23H17Cl2F2N3O. The number of ether oxygens (including phenoxy) is 1. The monoisotopic (exact) mass is 459 g/mol. The van der Waals surface area contributed by atoms with Crippen LogP contribution in [-0.4, -0.2) is 25.0 Å². The van der Waals surface area contributed by atoms with E-state index in [1.165, 1.54) is 24.3 Å². The topological polar surface area (TPSA) is 62.3 Å². The number of rotatable bonds is 2. The molecule has 31 heavy (non-hydrogen) atoms. The standard InChI is InChI=1S/C23H17Cl2F2N3O/c1-30-10-12(8-13-16(24)4-2-6-18(13)26)22-15(11-30)20(14(9-28)23(29)31-22)21-17(25)5-3-7-19(21)27/h2-8,20H,10-11,29H2,1H3/b12-8+. The quantitative estimate of drug-likeness (QED) is 0.656. The third-order valence-electron chi connectivity index (χ3n) is 5.31. The van der Waals surface area contributed by atoms with Gasteiger partial charge in [0.15, 0.2) is 0 Å². The maximum absolute atomic E-state index is 14.9. The number of hydrogen-bond donors (Lipinski definition) is 1. The first kappa shape index (κ1) is 21.4. The molecule has 0 aromatic heterocycles. The van der Waals surface area contributed by atoms with Crippen molar-refractivity contribution < 1.29 is 13.5 Å². The number of benzene rings is 2. The van der Waals surface area contributed by atoms with E-state index in [1.807, 2.05) is 18.0 Å². The van der Waals surface area contributed by atoms with Gasteiger partial charge in [-0.05, 0) is 43.0 Å². The van der Waals surface area contributed by atoms with Crippen molar-refractivity contribution in [1.29, 1.82) is 5.26 Å². The van der Waals surface area contributed by atoms with Crippen LogP contribution in [0.1, 0.15) is 17.0 Å². The molecule has 2 aromatic rings. The summed E-state index contributed by atoms with van der Waals surface area (Å²) in [5, 5.41) is 10.2. The van der Waals surface area contributed by atoms with Gasteiger partial charge in [-0.15, -0.1) is 0 Å². The lowest BCUT2D eigenvalue weighted by atomic mass is 9.80. The molecule has 2 N–H and O–H groups in total. The molecule has 2 aliphatic rings. The largest absolute Gasteiger partial charge is 0.440 e. The molecule has 1 unspecified atom stereocenters. The second-order valence-electron chi connectivity index (χ2n) is 7.39. The van der Waals surface area contributed by atoms with E-state index < -0.39 is 17.6 Å². The van der Waals surface area contributed by atoms with E-state index in [0.29, 0.717) is 30.0 Å². The van der Waals surface area contributed by atoms with Crippen LogP contribution in [0, 0.1) is 23.0 Å². The molecule has 2 aromatic carbocycles. The van der Waals surface area contributed by atoms with Gasteiger partial charge in [0, 0.05) is 34.8 Å². The van der Waals surface area contributed by atoms with E-state index in [2.05, 4.69) is 0 Å². The van der Waals surface area contributed by atoms with Crippen LogP contribution in [0.2, 0.25) is 10.0 Å². The van der Waals surface area contributed by atoms with Gasteiger partial charge in [-0.3, -0.25) is 4.90 Å². The van der Waals surface area contributed by atoms with E-state index in [4.69, 9.17) is 33.7 Å². The average Bonchev–Trinajstić information content (AvgIpc) is 2.71. The molecule has 0 amide bonds. The highest BCUT2D eigenvalue weighted by Gasteiger charge is 2.39. The molecule has 4 rings (SSSR count). The number of nitrogens with two attached hydrogens (primary N) is 1. The van der Waals surface area contributed by atoms with Gasteiger partial charge in [0.1, 0.15) is 29.0 Å². The van der Waals surface area contributed by atoms with Crippen molar-refractivity contribution in [3.63, 3.8) is 0 Å². The predicted molar refractivity (Wildman–Crippen MR) is 116 cm³/mol. The number of allylic oxidation sites excluding steroid dienone is 1. The van der Waals surface area contributed by atoms with Crippen molar-refractivity contribution in [3.05, 3.63) is 97.6 Å². The number of halogens is 4. The van der Waals surface area contributed by atoms with Gasteiger partial charge in [-0.2, -0.15) is 5.26 Å². The highest BCUT2D eigenvalue weighted by atomic mass is 35.5. The first-order chi connectivity index (χ1) is 14.8. The highest BCUT2D eigenvalue weighted by Crippen LogP contribution is 2.46. The van der Waals surface area contributed by atoms with Gasteiger partial charge in [0.2, 0.25) is 5.88 Å². The normalized spacial score (nSPS) is 20.5. The van der Waals surface area contributed by atoms with E-state index in [1.54, 1.807) is 18.2 Å². The number of nitriles is 1. The van der Waals surface area contributed by atoms with Gasteiger partial charge in [-0.25, -0.2) is 8.78 Å². The second-order valence-corrected chi connectivity index (χ2v) is 8.21. The van der Waals surface area contributed by atoms with E-state index in [0.717, 1.165) is 0 Å². The third kappa shape index (κ3) is 3.81. The van der Waals surface area contributed by atoms with Gasteiger partial charge < -0.3 is 10.5 Å². The highest BCUT2D eigenvalue weighted by molar-refractivity contribution is 6.32. The minimum Gasteiger partial charge on any atom is -0.440 e. The Hall–Kier alpha value is -2.85. The minimum absolute atomic E-state index is 0.0734. The fraction of sp³-hybridized carbons (Fsp3) is 0.174. The lowest BCUT2D eigenvalue weighted by molar-refractivity contribution is 0.251. The van der Waals surface area contributed by atoms with Crippen molar-refractivity contribution in [1.82, 2.24) is 4.90 Å². The zero-order valence-corrected chi connectivity index (χ0v) is 17.9. The minimum atomic E-state index is -0.829. The van der Waals surface area contributed by atoms with Gasteiger partial charge in [-0.1, -0.05) is 35.3 Å². The molecule has 0 bridgehead atoms. The summed E-state index contributed by atoms with van der Waals surface area (Å²) in [5.41, 5.74) is 7.72. The lowest BCUT2D eigenvalue weighted by Gasteiger charge is -2.37. The van der Waals surface area contributed by atoms with Gasteiger partial charge in [0.05, 0.1) is 10.9 Å². The summed E-state index contributed by atoms with van der Waals surface area (Å²) < 4.78 is 35.1. The molecule has 0 radical (unpaired) electrons. The first-order valence-corrected chi connectivity index (χ1v) is 10.2. The van der Waals surface area contributed by atoms with Crippen LogP contribution in [0.25, 0.3) is 6.08 Å². The van der Waals surface area contributed by atoms with Crippen LogP contribution in [0.3, 0.4) is 0 Å². The molecule has 4 nitrogen and oxygen atoms in total. The molecule has 2 aliphatic heterocycles. The van der Waals surface area contributed by atoms with Gasteiger partial charge >= 0.3 is 0 Å². The molecule has 0 aliphatic carbocycles. The maximum Gasteiger partial charge on any atom is 0.205 e. The second kappa shape index (κ2) is 8.35. The Morgan fingerprint density at radius 3 is 2.45 bits per heavy atom. The summed E-state index contributed by atoms with van der Waals surface area (Å²) in [7, 11) is 1.86. The fourth-order valence-corrected chi connectivity index (χ4v) is 4.47. The molecule has 0 saturated carbocycles.